The van der Waals surface area contributed by atoms with Gasteiger partial charge >= 0.3 is 0 Å². The second-order valence-electron chi connectivity index (χ2n) is 3.50. The van der Waals surface area contributed by atoms with E-state index in [0.717, 1.165) is 22.1 Å². The molecule has 96 valence electrons. The molecule has 5 heteroatoms. The molecule has 0 bridgehead atoms. The van der Waals surface area contributed by atoms with Crippen LogP contribution in [-0.4, -0.2) is 18.2 Å². The zero-order valence-electron chi connectivity index (χ0n) is 10.3. The van der Waals surface area contributed by atoms with Gasteiger partial charge in [-0.15, -0.1) is 11.3 Å². The summed E-state index contributed by atoms with van der Waals surface area (Å²) in [7, 11) is 0. The summed E-state index contributed by atoms with van der Waals surface area (Å²) in [6.07, 6.45) is 0. The molecule has 3 nitrogen and oxygen atoms in total. The Morgan fingerprint density at radius 3 is 2.50 bits per heavy atom. The van der Waals surface area contributed by atoms with Crippen molar-refractivity contribution in [2.45, 2.75) is 13.8 Å². The zero-order chi connectivity index (χ0) is 13.0. The summed E-state index contributed by atoms with van der Waals surface area (Å²) >= 11 is 7.34. The maximum atomic E-state index is 5.84. The Morgan fingerprint density at radius 2 is 1.89 bits per heavy atom. The van der Waals surface area contributed by atoms with Crippen molar-refractivity contribution < 1.29 is 9.47 Å². The molecule has 1 heterocycles. The lowest BCUT2D eigenvalue weighted by atomic mass is 10.2. The van der Waals surface area contributed by atoms with E-state index in [1.165, 1.54) is 11.3 Å². The van der Waals surface area contributed by atoms with Crippen LogP contribution in [0.15, 0.2) is 23.6 Å². The third-order valence-electron chi connectivity index (χ3n) is 2.27. The highest BCUT2D eigenvalue weighted by Gasteiger charge is 2.09. The number of nitrogens with zero attached hydrogens (tertiary/aromatic N) is 1. The topological polar surface area (TPSA) is 31.4 Å². The molecule has 0 aliphatic rings. The molecule has 0 aliphatic heterocycles. The summed E-state index contributed by atoms with van der Waals surface area (Å²) in [5.41, 5.74) is 0.985. The second-order valence-corrected chi connectivity index (χ2v) is 4.75. The molecule has 0 amide bonds. The van der Waals surface area contributed by atoms with Crippen LogP contribution in [0, 0.1) is 0 Å². The average molecular weight is 284 g/mol. The van der Waals surface area contributed by atoms with Gasteiger partial charge in [0.15, 0.2) is 11.5 Å². The second kappa shape index (κ2) is 6.07. The number of hydrogen-bond acceptors (Lipinski definition) is 4. The number of aromatic nitrogens is 1. The third-order valence-corrected chi connectivity index (χ3v) is 3.48. The Hall–Kier alpha value is -1.26. The lowest BCUT2D eigenvalue weighted by Gasteiger charge is -2.11. The predicted octanol–water partition coefficient (Wildman–Crippen LogP) is 4.26. The maximum absolute atomic E-state index is 5.84. The molecular formula is C13H14ClNO2S. The summed E-state index contributed by atoms with van der Waals surface area (Å²) in [5.74, 6) is 1.49. The van der Waals surface area contributed by atoms with Gasteiger partial charge in [-0.25, -0.2) is 4.98 Å². The molecule has 0 atom stereocenters. The van der Waals surface area contributed by atoms with E-state index in [-0.39, 0.29) is 0 Å². The van der Waals surface area contributed by atoms with Crippen molar-refractivity contribution in [3.8, 4) is 22.1 Å². The first-order chi connectivity index (χ1) is 8.74. The van der Waals surface area contributed by atoms with E-state index in [1.807, 2.05) is 37.4 Å². The lowest BCUT2D eigenvalue weighted by Crippen LogP contribution is -1.98. The van der Waals surface area contributed by atoms with Gasteiger partial charge < -0.3 is 9.47 Å². The van der Waals surface area contributed by atoms with Gasteiger partial charge in [-0.2, -0.15) is 0 Å². The van der Waals surface area contributed by atoms with E-state index in [0.29, 0.717) is 18.4 Å². The number of benzene rings is 1. The summed E-state index contributed by atoms with van der Waals surface area (Å²) in [5, 5.41) is 3.21. The molecule has 0 fully saturated rings. The Balaban J connectivity index is 2.35. The molecule has 18 heavy (non-hydrogen) atoms. The Kier molecular flexibility index (Phi) is 4.44. The van der Waals surface area contributed by atoms with Crippen molar-refractivity contribution >= 4 is 22.9 Å². The van der Waals surface area contributed by atoms with Gasteiger partial charge in [0.1, 0.15) is 10.2 Å². The van der Waals surface area contributed by atoms with Crippen molar-refractivity contribution in [2.75, 3.05) is 13.2 Å². The number of halogens is 1. The van der Waals surface area contributed by atoms with Gasteiger partial charge in [0, 0.05) is 10.9 Å². The van der Waals surface area contributed by atoms with E-state index in [4.69, 9.17) is 21.1 Å². The Labute approximate surface area is 115 Å². The van der Waals surface area contributed by atoms with Gasteiger partial charge in [0.05, 0.1) is 13.2 Å². The molecule has 2 aromatic rings. The van der Waals surface area contributed by atoms with Crippen LogP contribution >= 0.6 is 22.9 Å². The molecule has 0 aliphatic carbocycles. The monoisotopic (exact) mass is 283 g/mol. The van der Waals surface area contributed by atoms with Crippen LogP contribution in [0.5, 0.6) is 11.5 Å². The minimum atomic E-state index is 0.516. The quantitative estimate of drug-likeness (QED) is 0.821. The average Bonchev–Trinajstić information content (AvgIpc) is 2.79. The molecule has 0 saturated carbocycles. The van der Waals surface area contributed by atoms with Gasteiger partial charge in [-0.3, -0.25) is 0 Å². The van der Waals surface area contributed by atoms with Gasteiger partial charge in [-0.1, -0.05) is 11.6 Å². The first-order valence-electron chi connectivity index (χ1n) is 5.75. The van der Waals surface area contributed by atoms with Crippen molar-refractivity contribution in [1.82, 2.24) is 4.98 Å². The Bertz CT molecular complexity index is 527. The number of rotatable bonds is 5. The van der Waals surface area contributed by atoms with Crippen LogP contribution < -0.4 is 9.47 Å². The molecule has 2 rings (SSSR count). The van der Waals surface area contributed by atoms with Crippen LogP contribution in [0.4, 0.5) is 0 Å². The molecular weight excluding hydrogens is 270 g/mol. The number of ether oxygens (including phenoxy) is 2. The van der Waals surface area contributed by atoms with E-state index >= 15 is 0 Å². The van der Waals surface area contributed by atoms with Gasteiger partial charge in [-0.05, 0) is 32.0 Å². The van der Waals surface area contributed by atoms with Gasteiger partial charge in [0.2, 0.25) is 0 Å². The largest absolute Gasteiger partial charge is 0.490 e. The summed E-state index contributed by atoms with van der Waals surface area (Å²) in [6, 6.07) is 5.80. The molecule has 0 radical (unpaired) electrons. The summed E-state index contributed by atoms with van der Waals surface area (Å²) < 4.78 is 11.1. The molecule has 1 aromatic heterocycles. The van der Waals surface area contributed by atoms with E-state index in [9.17, 15) is 0 Å². The standard InChI is InChI=1S/C13H14ClNO2S/c1-3-16-10-6-5-9(7-11(10)17-4-2)13-15-12(14)8-18-13/h5-8H,3-4H2,1-2H3. The van der Waals surface area contributed by atoms with E-state index < -0.39 is 0 Å². The first kappa shape index (κ1) is 13.2. The molecule has 0 N–H and O–H groups in total. The smallest absolute Gasteiger partial charge is 0.161 e. The van der Waals surface area contributed by atoms with Crippen LogP contribution in [0.3, 0.4) is 0 Å². The fourth-order valence-corrected chi connectivity index (χ4v) is 2.51. The van der Waals surface area contributed by atoms with Crippen molar-refractivity contribution in [2.24, 2.45) is 0 Å². The number of hydrogen-bond donors (Lipinski definition) is 0. The normalized spacial score (nSPS) is 10.4. The van der Waals surface area contributed by atoms with E-state index in [1.54, 1.807) is 0 Å². The lowest BCUT2D eigenvalue weighted by molar-refractivity contribution is 0.288. The highest BCUT2D eigenvalue weighted by Crippen LogP contribution is 2.34. The van der Waals surface area contributed by atoms with Gasteiger partial charge in [0.25, 0.3) is 0 Å². The highest BCUT2D eigenvalue weighted by molar-refractivity contribution is 7.13. The molecule has 0 spiro atoms. The van der Waals surface area contributed by atoms with Crippen LogP contribution in [0.2, 0.25) is 5.15 Å². The summed E-state index contributed by atoms with van der Waals surface area (Å²) in [4.78, 5) is 4.25. The van der Waals surface area contributed by atoms with Crippen molar-refractivity contribution in [3.63, 3.8) is 0 Å². The SMILES string of the molecule is CCOc1ccc(-c2nc(Cl)cs2)cc1OCC. The minimum Gasteiger partial charge on any atom is -0.490 e. The van der Waals surface area contributed by atoms with E-state index in [2.05, 4.69) is 4.98 Å². The molecule has 1 aromatic carbocycles. The zero-order valence-corrected chi connectivity index (χ0v) is 11.8. The fourth-order valence-electron chi connectivity index (χ4n) is 1.57. The Morgan fingerprint density at radius 1 is 1.17 bits per heavy atom. The van der Waals surface area contributed by atoms with Crippen LogP contribution in [0.1, 0.15) is 13.8 Å². The summed E-state index contributed by atoms with van der Waals surface area (Å²) in [6.45, 7) is 5.11. The first-order valence-corrected chi connectivity index (χ1v) is 7.01. The van der Waals surface area contributed by atoms with Crippen molar-refractivity contribution in [3.05, 3.63) is 28.7 Å². The number of thiazole rings is 1. The fraction of sp³-hybridized carbons (Fsp3) is 0.308. The third kappa shape index (κ3) is 2.94. The van der Waals surface area contributed by atoms with Crippen LogP contribution in [0.25, 0.3) is 10.6 Å². The molecule has 0 unspecified atom stereocenters. The van der Waals surface area contributed by atoms with Crippen molar-refractivity contribution in [1.29, 1.82) is 0 Å². The highest BCUT2D eigenvalue weighted by atomic mass is 35.5. The molecule has 0 saturated heterocycles. The maximum Gasteiger partial charge on any atom is 0.161 e. The predicted molar refractivity (Wildman–Crippen MR) is 74.9 cm³/mol. The minimum absolute atomic E-state index is 0.516. The van der Waals surface area contributed by atoms with Crippen LogP contribution in [-0.2, 0) is 0 Å².